The summed E-state index contributed by atoms with van der Waals surface area (Å²) < 4.78 is 10.8. The summed E-state index contributed by atoms with van der Waals surface area (Å²) in [6.45, 7) is 2.70. The summed E-state index contributed by atoms with van der Waals surface area (Å²) in [5.74, 6) is 2.26. The Kier molecular flexibility index (Phi) is 4.62. The second-order valence-corrected chi connectivity index (χ2v) is 7.76. The van der Waals surface area contributed by atoms with Gasteiger partial charge in [-0.25, -0.2) is 9.97 Å². The van der Waals surface area contributed by atoms with E-state index < -0.39 is 0 Å². The SMILES string of the molecule is COc1ccc(-c2nc(N(C(=O)C3CC3)c3ccc4c(c3)CCO4)ccc2C)cn1. The number of ether oxygens (including phenoxy) is 2. The second kappa shape index (κ2) is 7.44. The number of hydrogen-bond acceptors (Lipinski definition) is 5. The highest BCUT2D eigenvalue weighted by atomic mass is 16.5. The Morgan fingerprint density at radius 3 is 2.77 bits per heavy atom. The number of benzene rings is 1. The molecule has 1 fully saturated rings. The Morgan fingerprint density at radius 2 is 2.03 bits per heavy atom. The van der Waals surface area contributed by atoms with Gasteiger partial charge in [-0.2, -0.15) is 0 Å². The van der Waals surface area contributed by atoms with Crippen molar-refractivity contribution in [2.24, 2.45) is 5.92 Å². The minimum absolute atomic E-state index is 0.0729. The quantitative estimate of drug-likeness (QED) is 0.631. The van der Waals surface area contributed by atoms with E-state index in [1.165, 1.54) is 0 Å². The summed E-state index contributed by atoms with van der Waals surface area (Å²) >= 11 is 0. The molecule has 0 atom stereocenters. The van der Waals surface area contributed by atoms with Crippen LogP contribution in [0.25, 0.3) is 11.3 Å². The lowest BCUT2D eigenvalue weighted by molar-refractivity contribution is -0.119. The Bertz CT molecular complexity index is 1110. The fourth-order valence-corrected chi connectivity index (χ4v) is 3.77. The molecule has 1 saturated carbocycles. The van der Waals surface area contributed by atoms with Gasteiger partial charge in [0.05, 0.1) is 25.1 Å². The minimum Gasteiger partial charge on any atom is -0.493 e. The average molecular weight is 401 g/mol. The Labute approximate surface area is 175 Å². The molecule has 2 aromatic heterocycles. The van der Waals surface area contributed by atoms with Gasteiger partial charge in [0, 0.05) is 30.2 Å². The van der Waals surface area contributed by atoms with Crippen LogP contribution in [0.15, 0.2) is 48.7 Å². The standard InChI is InChI=1S/C24H23N3O3/c1-15-3-9-21(26-23(15)18-6-10-22(29-2)25-14-18)27(24(28)16-4-5-16)19-7-8-20-17(13-19)11-12-30-20/h3,6-10,13-14,16H,4-5,11-12H2,1-2H3. The van der Waals surface area contributed by atoms with Gasteiger partial charge in [-0.1, -0.05) is 6.07 Å². The van der Waals surface area contributed by atoms with E-state index in [-0.39, 0.29) is 11.8 Å². The molecule has 3 aromatic rings. The van der Waals surface area contributed by atoms with Gasteiger partial charge in [-0.3, -0.25) is 9.69 Å². The first kappa shape index (κ1) is 18.6. The van der Waals surface area contributed by atoms with Crippen LogP contribution < -0.4 is 14.4 Å². The monoisotopic (exact) mass is 401 g/mol. The highest BCUT2D eigenvalue weighted by Crippen LogP contribution is 2.39. The van der Waals surface area contributed by atoms with E-state index >= 15 is 0 Å². The number of anilines is 2. The van der Waals surface area contributed by atoms with Crippen LogP contribution in [-0.4, -0.2) is 29.6 Å². The molecule has 5 rings (SSSR count). The number of carbonyl (C=O) groups excluding carboxylic acids is 1. The molecule has 1 amide bonds. The smallest absolute Gasteiger partial charge is 0.235 e. The van der Waals surface area contributed by atoms with Crippen LogP contribution in [0.1, 0.15) is 24.0 Å². The third-order valence-electron chi connectivity index (χ3n) is 5.61. The van der Waals surface area contributed by atoms with E-state index in [9.17, 15) is 4.79 Å². The van der Waals surface area contributed by atoms with Crippen LogP contribution in [0.3, 0.4) is 0 Å². The molecule has 0 N–H and O–H groups in total. The molecular weight excluding hydrogens is 378 g/mol. The van der Waals surface area contributed by atoms with Crippen molar-refractivity contribution >= 4 is 17.4 Å². The van der Waals surface area contributed by atoms with Crippen molar-refractivity contribution in [3.8, 4) is 22.9 Å². The van der Waals surface area contributed by atoms with Gasteiger partial charge in [0.25, 0.3) is 0 Å². The first-order chi connectivity index (χ1) is 14.6. The van der Waals surface area contributed by atoms with Crippen molar-refractivity contribution in [1.82, 2.24) is 9.97 Å². The number of hydrogen-bond donors (Lipinski definition) is 0. The maximum absolute atomic E-state index is 13.2. The molecule has 2 aliphatic rings. The molecule has 0 saturated heterocycles. The maximum atomic E-state index is 13.2. The molecule has 0 radical (unpaired) electrons. The molecular formula is C24H23N3O3. The number of methoxy groups -OCH3 is 1. The zero-order valence-corrected chi connectivity index (χ0v) is 17.1. The number of pyridine rings is 2. The maximum Gasteiger partial charge on any atom is 0.235 e. The lowest BCUT2D eigenvalue weighted by Gasteiger charge is -2.23. The highest BCUT2D eigenvalue weighted by molar-refractivity contribution is 6.02. The highest BCUT2D eigenvalue weighted by Gasteiger charge is 2.36. The van der Waals surface area contributed by atoms with E-state index in [0.717, 1.165) is 53.1 Å². The number of amides is 1. The first-order valence-corrected chi connectivity index (χ1v) is 10.2. The molecule has 1 aliphatic carbocycles. The number of aryl methyl sites for hydroxylation is 1. The van der Waals surface area contributed by atoms with Crippen molar-refractivity contribution in [2.75, 3.05) is 18.6 Å². The van der Waals surface area contributed by atoms with Crippen LogP contribution in [0.4, 0.5) is 11.5 Å². The van der Waals surface area contributed by atoms with Gasteiger partial charge in [-0.15, -0.1) is 0 Å². The van der Waals surface area contributed by atoms with E-state index in [2.05, 4.69) is 11.1 Å². The van der Waals surface area contributed by atoms with Crippen LogP contribution in [0.5, 0.6) is 11.6 Å². The lowest BCUT2D eigenvalue weighted by Crippen LogP contribution is -2.28. The van der Waals surface area contributed by atoms with E-state index in [1.54, 1.807) is 18.2 Å². The largest absolute Gasteiger partial charge is 0.493 e. The lowest BCUT2D eigenvalue weighted by atomic mass is 10.1. The first-order valence-electron chi connectivity index (χ1n) is 10.2. The van der Waals surface area contributed by atoms with E-state index in [4.69, 9.17) is 14.5 Å². The molecule has 3 heterocycles. The Hall–Kier alpha value is -3.41. The third-order valence-corrected chi connectivity index (χ3v) is 5.61. The van der Waals surface area contributed by atoms with Crippen molar-refractivity contribution in [3.63, 3.8) is 0 Å². The Balaban J connectivity index is 1.58. The Morgan fingerprint density at radius 1 is 1.17 bits per heavy atom. The van der Waals surface area contributed by atoms with Gasteiger partial charge in [-0.05, 0) is 61.2 Å². The second-order valence-electron chi connectivity index (χ2n) is 7.76. The zero-order valence-electron chi connectivity index (χ0n) is 17.1. The summed E-state index contributed by atoms with van der Waals surface area (Å²) in [5, 5.41) is 0. The summed E-state index contributed by atoms with van der Waals surface area (Å²) in [7, 11) is 1.59. The normalized spacial score (nSPS) is 14.7. The molecule has 30 heavy (non-hydrogen) atoms. The van der Waals surface area contributed by atoms with Gasteiger partial charge in [0.1, 0.15) is 11.6 Å². The van der Waals surface area contributed by atoms with Gasteiger partial charge in [0.15, 0.2) is 0 Å². The summed E-state index contributed by atoms with van der Waals surface area (Å²) in [4.78, 5) is 24.2. The van der Waals surface area contributed by atoms with E-state index in [1.807, 2.05) is 43.3 Å². The van der Waals surface area contributed by atoms with Crippen LogP contribution in [-0.2, 0) is 11.2 Å². The zero-order chi connectivity index (χ0) is 20.7. The van der Waals surface area contributed by atoms with Crippen LogP contribution >= 0.6 is 0 Å². The topological polar surface area (TPSA) is 64.5 Å². The van der Waals surface area contributed by atoms with Crippen LogP contribution in [0.2, 0.25) is 0 Å². The summed E-state index contributed by atoms with van der Waals surface area (Å²) in [6, 6.07) is 13.6. The molecule has 0 bridgehead atoms. The van der Waals surface area contributed by atoms with Gasteiger partial charge >= 0.3 is 0 Å². The summed E-state index contributed by atoms with van der Waals surface area (Å²) in [5.41, 5.74) is 4.68. The average Bonchev–Trinajstić information content (AvgIpc) is 3.53. The number of carbonyl (C=O) groups is 1. The number of fused-ring (bicyclic) bond motifs is 1. The van der Waals surface area contributed by atoms with Crippen molar-refractivity contribution in [1.29, 1.82) is 0 Å². The van der Waals surface area contributed by atoms with Crippen molar-refractivity contribution in [3.05, 3.63) is 59.8 Å². The number of aromatic nitrogens is 2. The molecule has 6 heteroatoms. The number of rotatable bonds is 5. The summed E-state index contributed by atoms with van der Waals surface area (Å²) in [6.07, 6.45) is 4.48. The molecule has 1 aromatic carbocycles. The van der Waals surface area contributed by atoms with Crippen molar-refractivity contribution in [2.45, 2.75) is 26.2 Å². The van der Waals surface area contributed by atoms with Gasteiger partial charge < -0.3 is 9.47 Å². The molecule has 6 nitrogen and oxygen atoms in total. The molecule has 0 spiro atoms. The molecule has 152 valence electrons. The fraction of sp³-hybridized carbons (Fsp3) is 0.292. The van der Waals surface area contributed by atoms with Crippen molar-refractivity contribution < 1.29 is 14.3 Å². The fourth-order valence-electron chi connectivity index (χ4n) is 3.77. The minimum atomic E-state index is 0.0729. The number of nitrogens with zero attached hydrogens (tertiary/aromatic N) is 3. The predicted molar refractivity (Wildman–Crippen MR) is 114 cm³/mol. The predicted octanol–water partition coefficient (Wildman–Crippen LogP) is 4.47. The van der Waals surface area contributed by atoms with Gasteiger partial charge in [0.2, 0.25) is 11.8 Å². The molecule has 0 unspecified atom stereocenters. The molecule has 1 aliphatic heterocycles. The third kappa shape index (κ3) is 3.38. The van der Waals surface area contributed by atoms with Crippen LogP contribution in [0, 0.1) is 12.8 Å². The van der Waals surface area contributed by atoms with E-state index in [0.29, 0.717) is 18.3 Å².